The molecule has 1 aromatic heterocycles. The summed E-state index contributed by atoms with van der Waals surface area (Å²) in [7, 11) is -3.20. The number of hydrogen-bond donors (Lipinski definition) is 2. The zero-order valence-corrected chi connectivity index (χ0v) is 15.1. The molecule has 2 rings (SSSR count). The fourth-order valence-corrected chi connectivity index (χ4v) is 2.98. The molecule has 0 radical (unpaired) electrons. The average molecular weight is 346 g/mol. The van der Waals surface area contributed by atoms with Gasteiger partial charge in [0.05, 0.1) is 10.6 Å². The van der Waals surface area contributed by atoms with Gasteiger partial charge < -0.3 is 11.5 Å². The van der Waals surface area contributed by atoms with Gasteiger partial charge in [-0.15, -0.1) is 0 Å². The summed E-state index contributed by atoms with van der Waals surface area (Å²) in [5, 5.41) is 0. The Balaban J connectivity index is 2.34. The molecule has 1 aromatic carbocycles. The van der Waals surface area contributed by atoms with Crippen LogP contribution in [0.5, 0.6) is 0 Å². The first-order valence-corrected chi connectivity index (χ1v) is 9.29. The third kappa shape index (κ3) is 3.91. The maximum Gasteiger partial charge on any atom is 0.222 e. The molecule has 128 valence electrons. The van der Waals surface area contributed by atoms with Gasteiger partial charge in [-0.05, 0) is 24.6 Å². The van der Waals surface area contributed by atoms with E-state index in [1.807, 2.05) is 45.1 Å². The number of aryl methyl sites for hydroxylation is 1. The van der Waals surface area contributed by atoms with Crippen molar-refractivity contribution in [3.8, 4) is 0 Å². The largest absolute Gasteiger partial charge is 0.383 e. The van der Waals surface area contributed by atoms with Crippen LogP contribution in [0.2, 0.25) is 0 Å². The van der Waals surface area contributed by atoms with Gasteiger partial charge in [-0.2, -0.15) is 4.98 Å². The van der Waals surface area contributed by atoms with Crippen LogP contribution in [-0.2, 0) is 15.3 Å². The summed E-state index contributed by atoms with van der Waals surface area (Å²) in [6.45, 7) is 5.88. The molecule has 6 nitrogen and oxygen atoms in total. The smallest absolute Gasteiger partial charge is 0.222 e. The molecule has 0 unspecified atom stereocenters. The summed E-state index contributed by atoms with van der Waals surface area (Å²) in [5.74, 6) is 0.484. The van der Waals surface area contributed by atoms with Crippen LogP contribution in [0.4, 0.5) is 11.8 Å². The number of nitrogens with two attached hydrogens (primary N) is 2. The number of nitrogens with zero attached hydrogens (tertiary/aromatic N) is 2. The van der Waals surface area contributed by atoms with Gasteiger partial charge in [0.15, 0.2) is 9.84 Å². The normalized spacial score (nSPS) is 12.7. The Morgan fingerprint density at radius 2 is 1.67 bits per heavy atom. The third-order valence-corrected chi connectivity index (χ3v) is 5.00. The lowest BCUT2D eigenvalue weighted by molar-refractivity contribution is 0.601. The Bertz CT molecular complexity index is 862. The number of rotatable bonds is 4. The van der Waals surface area contributed by atoms with E-state index in [-0.39, 0.29) is 11.4 Å². The van der Waals surface area contributed by atoms with Crippen LogP contribution in [0.1, 0.15) is 30.7 Å². The number of anilines is 2. The predicted molar refractivity (Wildman–Crippen MR) is 97.2 cm³/mol. The van der Waals surface area contributed by atoms with Gasteiger partial charge in [0.25, 0.3) is 0 Å². The van der Waals surface area contributed by atoms with E-state index in [1.54, 1.807) is 12.1 Å². The summed E-state index contributed by atoms with van der Waals surface area (Å²) in [4.78, 5) is 8.39. The van der Waals surface area contributed by atoms with Crippen LogP contribution < -0.4 is 11.5 Å². The lowest BCUT2D eigenvalue weighted by Gasteiger charge is -2.21. The lowest BCUT2D eigenvalue weighted by Crippen LogP contribution is -2.14. The standard InChI is InChI=1S/C17H22N4O2S/c1-11-14(15(18)21-16(19)20-11)9-10-17(2,3)12-5-7-13(8-6-12)24(4,22)23/h5-10H,1-4H3,(H4,18,19,20,21)/b10-9-. The van der Waals surface area contributed by atoms with Crippen molar-refractivity contribution < 1.29 is 8.42 Å². The van der Waals surface area contributed by atoms with Gasteiger partial charge in [-0.3, -0.25) is 0 Å². The molecule has 0 amide bonds. The van der Waals surface area contributed by atoms with E-state index >= 15 is 0 Å². The Kier molecular flexibility index (Phi) is 4.66. The summed E-state index contributed by atoms with van der Waals surface area (Å²) < 4.78 is 23.1. The molecule has 4 N–H and O–H groups in total. The zero-order valence-electron chi connectivity index (χ0n) is 14.2. The van der Waals surface area contributed by atoms with Gasteiger partial charge in [-0.25, -0.2) is 13.4 Å². The molecule has 2 aromatic rings. The first-order valence-electron chi connectivity index (χ1n) is 7.40. The van der Waals surface area contributed by atoms with Crippen molar-refractivity contribution in [3.63, 3.8) is 0 Å². The zero-order chi connectivity index (χ0) is 18.1. The molecule has 0 fully saturated rings. The van der Waals surface area contributed by atoms with Gasteiger partial charge in [0.2, 0.25) is 5.95 Å². The average Bonchev–Trinajstić information content (AvgIpc) is 2.45. The molecule has 0 saturated heterocycles. The van der Waals surface area contributed by atoms with Crippen LogP contribution in [-0.4, -0.2) is 24.6 Å². The third-order valence-electron chi connectivity index (χ3n) is 3.88. The molecule has 0 aliphatic carbocycles. The second-order valence-electron chi connectivity index (χ2n) is 6.32. The predicted octanol–water partition coefficient (Wildman–Crippen LogP) is 2.34. The van der Waals surface area contributed by atoms with Crippen LogP contribution in [0.25, 0.3) is 6.08 Å². The maximum atomic E-state index is 11.6. The maximum absolute atomic E-state index is 11.6. The van der Waals surface area contributed by atoms with Crippen molar-refractivity contribution >= 4 is 27.7 Å². The van der Waals surface area contributed by atoms with Crippen molar-refractivity contribution in [3.05, 3.63) is 47.2 Å². The van der Waals surface area contributed by atoms with Crippen molar-refractivity contribution in [2.24, 2.45) is 0 Å². The Hall–Kier alpha value is -2.41. The van der Waals surface area contributed by atoms with E-state index in [9.17, 15) is 8.42 Å². The SMILES string of the molecule is Cc1nc(N)nc(N)c1/C=C\C(C)(C)c1ccc(S(C)(=O)=O)cc1. The first kappa shape index (κ1) is 17.9. The number of sulfone groups is 1. The summed E-state index contributed by atoms with van der Waals surface area (Å²) in [5.41, 5.74) is 13.6. The second-order valence-corrected chi connectivity index (χ2v) is 8.33. The topological polar surface area (TPSA) is 112 Å². The van der Waals surface area contributed by atoms with Crippen molar-refractivity contribution in [1.29, 1.82) is 0 Å². The monoisotopic (exact) mass is 346 g/mol. The van der Waals surface area contributed by atoms with E-state index in [1.165, 1.54) is 6.26 Å². The molecular weight excluding hydrogens is 324 g/mol. The molecular formula is C17H22N4O2S. The summed E-state index contributed by atoms with van der Waals surface area (Å²) >= 11 is 0. The fraction of sp³-hybridized carbons (Fsp3) is 0.294. The van der Waals surface area contributed by atoms with Gasteiger partial charge in [0.1, 0.15) is 5.82 Å². The highest BCUT2D eigenvalue weighted by Gasteiger charge is 2.18. The minimum atomic E-state index is -3.20. The van der Waals surface area contributed by atoms with Crippen LogP contribution in [0.3, 0.4) is 0 Å². The molecule has 24 heavy (non-hydrogen) atoms. The molecule has 7 heteroatoms. The number of aromatic nitrogens is 2. The fourth-order valence-electron chi connectivity index (χ4n) is 2.35. The number of hydrogen-bond acceptors (Lipinski definition) is 6. The second kappa shape index (κ2) is 6.24. The van der Waals surface area contributed by atoms with E-state index in [4.69, 9.17) is 11.5 Å². The highest BCUT2D eigenvalue weighted by molar-refractivity contribution is 7.90. The number of benzene rings is 1. The van der Waals surface area contributed by atoms with Crippen molar-refractivity contribution in [2.45, 2.75) is 31.1 Å². The van der Waals surface area contributed by atoms with Crippen LogP contribution >= 0.6 is 0 Å². The Morgan fingerprint density at radius 3 is 2.17 bits per heavy atom. The highest BCUT2D eigenvalue weighted by atomic mass is 32.2. The molecule has 0 aliphatic heterocycles. The molecule has 0 atom stereocenters. The molecule has 0 bridgehead atoms. The lowest BCUT2D eigenvalue weighted by atomic mass is 9.84. The Morgan fingerprint density at radius 1 is 1.08 bits per heavy atom. The molecule has 1 heterocycles. The molecule has 0 saturated carbocycles. The summed E-state index contributed by atoms with van der Waals surface area (Å²) in [6.07, 6.45) is 5.05. The van der Waals surface area contributed by atoms with Crippen LogP contribution in [0.15, 0.2) is 35.2 Å². The van der Waals surface area contributed by atoms with Crippen molar-refractivity contribution in [2.75, 3.05) is 17.7 Å². The Labute approximate surface area is 142 Å². The molecule has 0 aliphatic rings. The first-order chi connectivity index (χ1) is 11.0. The minimum absolute atomic E-state index is 0.151. The molecule has 0 spiro atoms. The number of allylic oxidation sites excluding steroid dienone is 1. The van der Waals surface area contributed by atoms with Gasteiger partial charge in [0, 0.05) is 17.2 Å². The van der Waals surface area contributed by atoms with Gasteiger partial charge >= 0.3 is 0 Å². The minimum Gasteiger partial charge on any atom is -0.383 e. The van der Waals surface area contributed by atoms with E-state index in [0.717, 1.165) is 11.1 Å². The van der Waals surface area contributed by atoms with Crippen molar-refractivity contribution in [1.82, 2.24) is 9.97 Å². The van der Waals surface area contributed by atoms with E-state index in [0.29, 0.717) is 16.4 Å². The van der Waals surface area contributed by atoms with Crippen LogP contribution in [0, 0.1) is 6.92 Å². The van der Waals surface area contributed by atoms with Gasteiger partial charge in [-0.1, -0.05) is 38.1 Å². The quantitative estimate of drug-likeness (QED) is 0.879. The number of nitrogen functional groups attached to an aromatic ring is 2. The highest BCUT2D eigenvalue weighted by Crippen LogP contribution is 2.28. The van der Waals surface area contributed by atoms with E-state index in [2.05, 4.69) is 9.97 Å². The van der Waals surface area contributed by atoms with E-state index < -0.39 is 9.84 Å². The summed E-state index contributed by atoms with van der Waals surface area (Å²) in [6, 6.07) is 6.87.